The van der Waals surface area contributed by atoms with Gasteiger partial charge >= 0.3 is 0 Å². The summed E-state index contributed by atoms with van der Waals surface area (Å²) < 4.78 is 5.87. The molecule has 100 valence electrons. The van der Waals surface area contributed by atoms with Gasteiger partial charge in [-0.3, -0.25) is 10.1 Å². The van der Waals surface area contributed by atoms with Crippen LogP contribution in [0.5, 0.6) is 5.75 Å². The van der Waals surface area contributed by atoms with Gasteiger partial charge in [-0.15, -0.1) is 0 Å². The molecule has 0 aliphatic rings. The summed E-state index contributed by atoms with van der Waals surface area (Å²) in [4.78, 5) is 10.3. The molecule has 0 bridgehead atoms. The number of nitro benzene ring substituents is 1. The Kier molecular flexibility index (Phi) is 6.67. The molecule has 5 nitrogen and oxygen atoms in total. The SMILES string of the molecule is O=[N+]([O-])c1cccc(OCCCCCCO)c1Br. The Labute approximate surface area is 114 Å². The highest BCUT2D eigenvalue weighted by molar-refractivity contribution is 9.10. The Bertz CT molecular complexity index is 398. The third-order valence-electron chi connectivity index (χ3n) is 2.45. The van der Waals surface area contributed by atoms with E-state index >= 15 is 0 Å². The van der Waals surface area contributed by atoms with Crippen LogP contribution in [0.15, 0.2) is 22.7 Å². The van der Waals surface area contributed by atoms with Crippen LogP contribution < -0.4 is 4.74 Å². The summed E-state index contributed by atoms with van der Waals surface area (Å²) in [5.74, 6) is 0.492. The number of ether oxygens (including phenoxy) is 1. The average molecular weight is 318 g/mol. The number of aliphatic hydroxyl groups is 1. The van der Waals surface area contributed by atoms with Gasteiger partial charge in [0.15, 0.2) is 0 Å². The molecule has 0 aliphatic heterocycles. The van der Waals surface area contributed by atoms with E-state index in [-0.39, 0.29) is 12.3 Å². The molecule has 0 saturated heterocycles. The Morgan fingerprint density at radius 3 is 2.67 bits per heavy atom. The number of hydrogen-bond donors (Lipinski definition) is 1. The predicted octanol–water partition coefficient (Wildman–Crippen LogP) is 3.29. The third-order valence-corrected chi connectivity index (χ3v) is 3.25. The summed E-state index contributed by atoms with van der Waals surface area (Å²) in [6.07, 6.45) is 3.62. The summed E-state index contributed by atoms with van der Waals surface area (Å²) in [5, 5.41) is 19.3. The summed E-state index contributed by atoms with van der Waals surface area (Å²) >= 11 is 3.18. The standard InChI is InChI=1S/C12H16BrNO4/c13-12-10(14(16)17)6-5-7-11(12)18-9-4-2-1-3-8-15/h5-7,15H,1-4,8-9H2. The summed E-state index contributed by atoms with van der Waals surface area (Å²) in [5.41, 5.74) is 0.00720. The molecule has 1 aromatic carbocycles. The van der Waals surface area contributed by atoms with Crippen molar-refractivity contribution in [3.63, 3.8) is 0 Å². The monoisotopic (exact) mass is 317 g/mol. The Balaban J connectivity index is 2.43. The second kappa shape index (κ2) is 8.05. The van der Waals surface area contributed by atoms with Crippen LogP contribution in [-0.2, 0) is 0 Å². The number of nitrogens with zero attached hydrogens (tertiary/aromatic N) is 1. The largest absolute Gasteiger partial charge is 0.492 e. The molecule has 18 heavy (non-hydrogen) atoms. The first-order valence-electron chi connectivity index (χ1n) is 5.83. The first-order valence-corrected chi connectivity index (χ1v) is 6.62. The zero-order valence-corrected chi connectivity index (χ0v) is 11.6. The van der Waals surface area contributed by atoms with Crippen LogP contribution in [0.4, 0.5) is 5.69 Å². The number of benzene rings is 1. The number of aliphatic hydroxyl groups excluding tert-OH is 1. The van der Waals surface area contributed by atoms with Crippen molar-refractivity contribution in [2.75, 3.05) is 13.2 Å². The molecular weight excluding hydrogens is 302 g/mol. The Morgan fingerprint density at radius 1 is 1.28 bits per heavy atom. The molecule has 0 unspecified atom stereocenters. The average Bonchev–Trinajstić information content (AvgIpc) is 2.35. The molecule has 1 N–H and O–H groups in total. The smallest absolute Gasteiger partial charge is 0.287 e. The van der Waals surface area contributed by atoms with Crippen molar-refractivity contribution >= 4 is 21.6 Å². The minimum atomic E-state index is -0.446. The first-order chi connectivity index (χ1) is 8.66. The van der Waals surface area contributed by atoms with Gasteiger partial charge in [-0.05, 0) is 41.3 Å². The third kappa shape index (κ3) is 4.62. The molecule has 0 radical (unpaired) electrons. The van der Waals surface area contributed by atoms with Crippen LogP contribution in [0, 0.1) is 10.1 Å². The second-order valence-corrected chi connectivity index (χ2v) is 4.63. The van der Waals surface area contributed by atoms with E-state index in [4.69, 9.17) is 9.84 Å². The highest BCUT2D eigenvalue weighted by Gasteiger charge is 2.15. The van der Waals surface area contributed by atoms with E-state index in [0.717, 1.165) is 25.7 Å². The first kappa shape index (κ1) is 14.9. The lowest BCUT2D eigenvalue weighted by Crippen LogP contribution is -1.99. The lowest BCUT2D eigenvalue weighted by molar-refractivity contribution is -0.385. The van der Waals surface area contributed by atoms with Crippen LogP contribution in [-0.4, -0.2) is 23.2 Å². The van der Waals surface area contributed by atoms with Crippen LogP contribution in [0.3, 0.4) is 0 Å². The van der Waals surface area contributed by atoms with Gasteiger partial charge in [-0.1, -0.05) is 12.5 Å². The van der Waals surface area contributed by atoms with Crippen LogP contribution in [0.25, 0.3) is 0 Å². The molecule has 0 saturated carbocycles. The van der Waals surface area contributed by atoms with Crippen LogP contribution >= 0.6 is 15.9 Å². The van der Waals surface area contributed by atoms with E-state index in [9.17, 15) is 10.1 Å². The maximum atomic E-state index is 10.7. The molecule has 0 spiro atoms. The lowest BCUT2D eigenvalue weighted by atomic mass is 10.2. The molecule has 0 aliphatic carbocycles. The highest BCUT2D eigenvalue weighted by Crippen LogP contribution is 2.33. The number of hydrogen-bond acceptors (Lipinski definition) is 4. The van der Waals surface area contributed by atoms with E-state index in [1.165, 1.54) is 6.07 Å². The predicted molar refractivity (Wildman–Crippen MR) is 71.8 cm³/mol. The minimum Gasteiger partial charge on any atom is -0.492 e. The lowest BCUT2D eigenvalue weighted by Gasteiger charge is -2.07. The Morgan fingerprint density at radius 2 is 2.00 bits per heavy atom. The summed E-state index contributed by atoms with van der Waals surface area (Å²) in [6, 6.07) is 4.73. The van der Waals surface area contributed by atoms with Gasteiger partial charge in [-0.25, -0.2) is 0 Å². The van der Waals surface area contributed by atoms with E-state index in [0.29, 0.717) is 16.8 Å². The van der Waals surface area contributed by atoms with Crippen molar-refractivity contribution in [3.8, 4) is 5.75 Å². The van der Waals surface area contributed by atoms with Gasteiger partial charge in [0, 0.05) is 12.7 Å². The molecule has 0 fully saturated rings. The fraction of sp³-hybridized carbons (Fsp3) is 0.500. The van der Waals surface area contributed by atoms with Crippen molar-refractivity contribution in [3.05, 3.63) is 32.8 Å². The zero-order chi connectivity index (χ0) is 13.4. The van der Waals surface area contributed by atoms with E-state index in [2.05, 4.69) is 15.9 Å². The zero-order valence-electron chi connectivity index (χ0n) is 9.97. The quantitative estimate of drug-likeness (QED) is 0.453. The molecule has 6 heteroatoms. The molecule has 0 atom stereocenters. The fourth-order valence-electron chi connectivity index (χ4n) is 1.50. The van der Waals surface area contributed by atoms with Gasteiger partial charge in [0.1, 0.15) is 10.2 Å². The number of unbranched alkanes of at least 4 members (excludes halogenated alkanes) is 3. The fourth-order valence-corrected chi connectivity index (χ4v) is 2.02. The summed E-state index contributed by atoms with van der Waals surface area (Å²) in [7, 11) is 0. The number of halogens is 1. The molecule has 0 amide bonds. The van der Waals surface area contributed by atoms with E-state index in [1.807, 2.05) is 0 Å². The molecule has 1 rings (SSSR count). The normalized spacial score (nSPS) is 10.3. The van der Waals surface area contributed by atoms with E-state index < -0.39 is 4.92 Å². The van der Waals surface area contributed by atoms with Gasteiger partial charge in [0.2, 0.25) is 0 Å². The topological polar surface area (TPSA) is 72.6 Å². The maximum absolute atomic E-state index is 10.7. The van der Waals surface area contributed by atoms with Crippen molar-refractivity contribution in [1.29, 1.82) is 0 Å². The Hall–Kier alpha value is -1.14. The molecule has 0 heterocycles. The maximum Gasteiger partial charge on any atom is 0.287 e. The van der Waals surface area contributed by atoms with Gasteiger partial charge in [0.25, 0.3) is 5.69 Å². The van der Waals surface area contributed by atoms with Crippen molar-refractivity contribution in [1.82, 2.24) is 0 Å². The summed E-state index contributed by atoms with van der Waals surface area (Å²) in [6.45, 7) is 0.739. The molecular formula is C12H16BrNO4. The van der Waals surface area contributed by atoms with Crippen molar-refractivity contribution in [2.45, 2.75) is 25.7 Å². The minimum absolute atomic E-state index is 0.00720. The van der Waals surface area contributed by atoms with Crippen LogP contribution in [0.2, 0.25) is 0 Å². The highest BCUT2D eigenvalue weighted by atomic mass is 79.9. The van der Waals surface area contributed by atoms with Gasteiger partial charge < -0.3 is 9.84 Å². The second-order valence-electron chi connectivity index (χ2n) is 3.83. The number of rotatable bonds is 8. The van der Waals surface area contributed by atoms with Gasteiger partial charge in [0.05, 0.1) is 11.5 Å². The number of nitro groups is 1. The van der Waals surface area contributed by atoms with Crippen molar-refractivity contribution in [2.24, 2.45) is 0 Å². The van der Waals surface area contributed by atoms with Crippen LogP contribution in [0.1, 0.15) is 25.7 Å². The molecule has 1 aromatic rings. The van der Waals surface area contributed by atoms with Gasteiger partial charge in [-0.2, -0.15) is 0 Å². The van der Waals surface area contributed by atoms with E-state index in [1.54, 1.807) is 12.1 Å². The van der Waals surface area contributed by atoms with Crippen molar-refractivity contribution < 1.29 is 14.8 Å². The molecule has 0 aromatic heterocycles.